The standard InChI is InChI=1S/C58H95NO7/c1-6-8-10-12-14-16-18-20-22-24-26-27-28-29-31-32-34-36-38-40-42-44-46-48-56(60)65-53-54(52-64-51-50-55(58(62)63)59(3,4)5)66-57(61)49-47-45-43-41-39-37-35-33-30-25-23-21-19-17-15-13-11-9-7-2/h8-11,14-17,20-23,26-27,29-31,33,54-55H,6-7,12-13,18-19,24-25,28,32,34-53H2,1-5H3/b10-8+,11-9+,16-14+,17-15+,22-20+,23-21+,27-26+,31-29+,33-30+. The van der Waals surface area contributed by atoms with E-state index < -0.39 is 18.1 Å². The number of carboxylic acids is 1. The van der Waals surface area contributed by atoms with E-state index in [0.717, 1.165) is 122 Å². The van der Waals surface area contributed by atoms with Gasteiger partial charge in [0.25, 0.3) is 0 Å². The second-order valence-corrected chi connectivity index (χ2v) is 18.0. The number of hydrogen-bond acceptors (Lipinski definition) is 7. The zero-order valence-electron chi connectivity index (χ0n) is 42.6. The topological polar surface area (TPSA) is 102 Å². The first-order valence-electron chi connectivity index (χ1n) is 25.9. The maximum atomic E-state index is 12.8. The average Bonchev–Trinajstić information content (AvgIpc) is 3.28. The van der Waals surface area contributed by atoms with Gasteiger partial charge in [-0.15, -0.1) is 0 Å². The summed E-state index contributed by atoms with van der Waals surface area (Å²) in [6.07, 6.45) is 65.4. The first-order valence-corrected chi connectivity index (χ1v) is 25.9. The monoisotopic (exact) mass is 918 g/mol. The third-order valence-corrected chi connectivity index (χ3v) is 10.9. The smallest absolute Gasteiger partial charge is 0.306 e. The lowest BCUT2D eigenvalue weighted by Gasteiger charge is -2.34. The average molecular weight is 918 g/mol. The van der Waals surface area contributed by atoms with Crippen LogP contribution < -0.4 is 5.11 Å². The van der Waals surface area contributed by atoms with Gasteiger partial charge in [0.15, 0.2) is 6.10 Å². The summed E-state index contributed by atoms with van der Waals surface area (Å²) < 4.78 is 17.2. The minimum Gasteiger partial charge on any atom is -0.544 e. The fourth-order valence-electron chi connectivity index (χ4n) is 6.97. The molecule has 0 spiro atoms. The predicted molar refractivity (Wildman–Crippen MR) is 277 cm³/mol. The van der Waals surface area contributed by atoms with Crippen LogP contribution >= 0.6 is 0 Å². The van der Waals surface area contributed by atoms with Crippen LogP contribution in [0.1, 0.15) is 187 Å². The summed E-state index contributed by atoms with van der Waals surface area (Å²) in [7, 11) is 5.40. The van der Waals surface area contributed by atoms with Crippen molar-refractivity contribution >= 4 is 17.9 Å². The molecule has 2 atom stereocenters. The maximum Gasteiger partial charge on any atom is 0.306 e. The summed E-state index contributed by atoms with van der Waals surface area (Å²) in [6, 6.07) is -0.738. The third kappa shape index (κ3) is 45.2. The van der Waals surface area contributed by atoms with E-state index in [2.05, 4.69) is 123 Å². The molecule has 0 heterocycles. The minimum atomic E-state index is -1.13. The summed E-state index contributed by atoms with van der Waals surface area (Å²) in [5.74, 6) is -1.78. The fraction of sp³-hybridized carbons (Fsp3) is 0.638. The summed E-state index contributed by atoms with van der Waals surface area (Å²) in [5, 5.41) is 11.7. The fourth-order valence-corrected chi connectivity index (χ4v) is 6.97. The van der Waals surface area contributed by atoms with Crippen molar-refractivity contribution in [3.8, 4) is 0 Å². The van der Waals surface area contributed by atoms with Crippen molar-refractivity contribution in [3.05, 3.63) is 109 Å². The molecule has 0 N–H and O–H groups in total. The van der Waals surface area contributed by atoms with Crippen molar-refractivity contribution in [2.24, 2.45) is 0 Å². The Balaban J connectivity index is 4.31. The molecular weight excluding hydrogens is 823 g/mol. The molecule has 0 saturated carbocycles. The highest BCUT2D eigenvalue weighted by molar-refractivity contribution is 5.70. The molecule has 0 radical (unpaired) electrons. The molecule has 0 aliphatic carbocycles. The Morgan fingerprint density at radius 3 is 1.18 bits per heavy atom. The number of likely N-dealkylation sites (N-methyl/N-ethyl adjacent to an activating group) is 1. The van der Waals surface area contributed by atoms with E-state index in [0.29, 0.717) is 12.8 Å². The molecule has 0 aliphatic heterocycles. The number of unbranched alkanes of at least 4 members (excludes halogenated alkanes) is 13. The summed E-state index contributed by atoms with van der Waals surface area (Å²) in [6.45, 7) is 4.40. The van der Waals surface area contributed by atoms with E-state index in [9.17, 15) is 19.5 Å². The van der Waals surface area contributed by atoms with Crippen molar-refractivity contribution in [3.63, 3.8) is 0 Å². The van der Waals surface area contributed by atoms with E-state index in [1.54, 1.807) is 21.1 Å². The van der Waals surface area contributed by atoms with Crippen LogP contribution in [-0.4, -0.2) is 75.5 Å². The van der Waals surface area contributed by atoms with Crippen molar-refractivity contribution < 1.29 is 38.2 Å². The molecule has 8 nitrogen and oxygen atoms in total. The van der Waals surface area contributed by atoms with Crippen molar-refractivity contribution in [1.82, 2.24) is 0 Å². The number of aliphatic carboxylic acids is 1. The first-order chi connectivity index (χ1) is 32.1. The predicted octanol–water partition coefficient (Wildman–Crippen LogP) is 13.9. The lowest BCUT2D eigenvalue weighted by Crippen LogP contribution is -2.55. The van der Waals surface area contributed by atoms with E-state index in [1.165, 1.54) is 32.1 Å². The minimum absolute atomic E-state index is 0.0241. The van der Waals surface area contributed by atoms with Crippen LogP contribution in [0.4, 0.5) is 0 Å². The molecule has 0 rings (SSSR count). The molecule has 0 aliphatic rings. The lowest BCUT2D eigenvalue weighted by atomic mass is 10.1. The highest BCUT2D eigenvalue weighted by atomic mass is 16.6. The van der Waals surface area contributed by atoms with Gasteiger partial charge in [-0.1, -0.05) is 181 Å². The molecule has 66 heavy (non-hydrogen) atoms. The Labute approximate surface area is 404 Å². The highest BCUT2D eigenvalue weighted by Crippen LogP contribution is 2.14. The van der Waals surface area contributed by atoms with Crippen LogP contribution in [0.25, 0.3) is 0 Å². The third-order valence-electron chi connectivity index (χ3n) is 10.9. The number of rotatable bonds is 45. The van der Waals surface area contributed by atoms with E-state index in [4.69, 9.17) is 14.2 Å². The Hall–Kier alpha value is -4.01. The first kappa shape index (κ1) is 62.0. The maximum absolute atomic E-state index is 12.8. The number of carbonyl (C=O) groups excluding carboxylic acids is 3. The molecule has 0 saturated heterocycles. The van der Waals surface area contributed by atoms with Gasteiger partial charge in [-0.25, -0.2) is 0 Å². The SMILES string of the molecule is CC/C=C/C/C=C/C/C=C/C/C=C/C/C=C/CCCCCCCCCC(=O)OCC(COCCC(C(=O)[O-])[N+](C)(C)C)OC(=O)CCCCCCCC/C=C/C/C=C/C/C=C/C/C=C/CC. The molecule has 0 aromatic rings. The summed E-state index contributed by atoms with van der Waals surface area (Å²) in [4.78, 5) is 37.1. The second-order valence-electron chi connectivity index (χ2n) is 18.0. The molecule has 0 bridgehead atoms. The lowest BCUT2D eigenvalue weighted by molar-refractivity contribution is -0.889. The van der Waals surface area contributed by atoms with Gasteiger partial charge in [0.1, 0.15) is 12.6 Å². The van der Waals surface area contributed by atoms with Crippen LogP contribution in [0.15, 0.2) is 109 Å². The number of nitrogens with zero attached hydrogens (tertiary/aromatic N) is 1. The zero-order chi connectivity index (χ0) is 48.4. The van der Waals surface area contributed by atoms with Crippen LogP contribution in [0.5, 0.6) is 0 Å². The van der Waals surface area contributed by atoms with Crippen LogP contribution in [0.2, 0.25) is 0 Å². The molecule has 8 heteroatoms. The Morgan fingerprint density at radius 1 is 0.455 bits per heavy atom. The van der Waals surface area contributed by atoms with E-state index in [-0.39, 0.29) is 42.7 Å². The number of quaternary nitrogens is 1. The molecule has 2 unspecified atom stereocenters. The normalized spacial score (nSPS) is 13.8. The molecule has 0 aromatic heterocycles. The van der Waals surface area contributed by atoms with Gasteiger partial charge in [-0.2, -0.15) is 0 Å². The van der Waals surface area contributed by atoms with Crippen molar-refractivity contribution in [1.29, 1.82) is 0 Å². The van der Waals surface area contributed by atoms with Gasteiger partial charge in [0.2, 0.25) is 0 Å². The Morgan fingerprint density at radius 2 is 0.803 bits per heavy atom. The Bertz CT molecular complexity index is 1440. The number of hydrogen-bond donors (Lipinski definition) is 0. The summed E-state index contributed by atoms with van der Waals surface area (Å²) >= 11 is 0. The molecule has 0 aromatic carbocycles. The number of carbonyl (C=O) groups is 3. The van der Waals surface area contributed by atoms with Crippen molar-refractivity contribution in [2.75, 3.05) is 41.0 Å². The van der Waals surface area contributed by atoms with E-state index >= 15 is 0 Å². The van der Waals surface area contributed by atoms with Gasteiger partial charge in [-0.05, 0) is 96.3 Å². The summed E-state index contributed by atoms with van der Waals surface area (Å²) in [5.41, 5.74) is 0. The van der Waals surface area contributed by atoms with Gasteiger partial charge >= 0.3 is 11.9 Å². The van der Waals surface area contributed by atoms with Gasteiger partial charge < -0.3 is 28.6 Å². The number of ether oxygens (including phenoxy) is 3. The van der Waals surface area contributed by atoms with Gasteiger partial charge in [-0.3, -0.25) is 9.59 Å². The van der Waals surface area contributed by atoms with Crippen LogP contribution in [-0.2, 0) is 28.6 Å². The second kappa shape index (κ2) is 47.5. The Kier molecular flexibility index (Phi) is 44.6. The molecule has 0 fully saturated rings. The zero-order valence-corrected chi connectivity index (χ0v) is 42.6. The van der Waals surface area contributed by atoms with Crippen LogP contribution in [0.3, 0.4) is 0 Å². The molecule has 374 valence electrons. The molecular formula is C58H95NO7. The van der Waals surface area contributed by atoms with E-state index in [1.807, 2.05) is 0 Å². The molecule has 0 amide bonds. The number of allylic oxidation sites excluding steroid dienone is 18. The van der Waals surface area contributed by atoms with Crippen molar-refractivity contribution in [2.45, 2.75) is 199 Å². The number of carboxylic acid groups (broad SMARTS) is 1. The van der Waals surface area contributed by atoms with Crippen LogP contribution in [0, 0.1) is 0 Å². The highest BCUT2D eigenvalue weighted by Gasteiger charge is 2.25. The largest absolute Gasteiger partial charge is 0.544 e. The quantitative estimate of drug-likeness (QED) is 0.0259. The number of esters is 2. The van der Waals surface area contributed by atoms with Gasteiger partial charge in [0, 0.05) is 19.3 Å². The van der Waals surface area contributed by atoms with Gasteiger partial charge in [0.05, 0.1) is 40.3 Å².